The molecule has 1 heterocycles. The molecule has 0 aromatic heterocycles. The Kier molecular flexibility index (Phi) is 9.07. The van der Waals surface area contributed by atoms with Gasteiger partial charge in [-0.2, -0.15) is 0 Å². The number of hydrogen-bond donors (Lipinski definition) is 2. The number of hydrogen-bond acceptors (Lipinski definition) is 6. The Morgan fingerprint density at radius 1 is 0.923 bits per heavy atom. The molecule has 0 amide bonds. The van der Waals surface area contributed by atoms with E-state index < -0.39 is 10.0 Å². The van der Waals surface area contributed by atoms with E-state index in [9.17, 15) is 8.42 Å². The number of ether oxygens (including phenoxy) is 2. The zero-order chi connectivity index (χ0) is 27.2. The van der Waals surface area contributed by atoms with Crippen molar-refractivity contribution in [2.45, 2.75) is 49.5 Å². The van der Waals surface area contributed by atoms with Crippen LogP contribution in [0, 0.1) is 5.92 Å². The van der Waals surface area contributed by atoms with Crippen LogP contribution in [0.5, 0.6) is 11.5 Å². The number of fused-ring (bicyclic) bond motifs is 2. The first-order chi connectivity index (χ1) is 19.0. The van der Waals surface area contributed by atoms with Gasteiger partial charge in [0.1, 0.15) is 0 Å². The number of rotatable bonds is 10. The summed E-state index contributed by atoms with van der Waals surface area (Å²) in [4.78, 5) is 2.73. The summed E-state index contributed by atoms with van der Waals surface area (Å²) in [7, 11) is -0.160. The van der Waals surface area contributed by atoms with Gasteiger partial charge >= 0.3 is 0 Å². The molecule has 2 N–H and O–H groups in total. The first-order valence-electron chi connectivity index (χ1n) is 14.1. The van der Waals surface area contributed by atoms with E-state index in [4.69, 9.17) is 9.47 Å². The summed E-state index contributed by atoms with van der Waals surface area (Å²) in [5.41, 5.74) is 2.74. The first-order valence-corrected chi connectivity index (χ1v) is 15.6. The molecule has 210 valence electrons. The summed E-state index contributed by atoms with van der Waals surface area (Å²) in [5, 5.41) is 5.56. The molecule has 1 aliphatic carbocycles. The van der Waals surface area contributed by atoms with Crippen LogP contribution in [0.15, 0.2) is 59.5 Å². The number of nitrogens with one attached hydrogen (secondary N) is 2. The predicted octanol–water partition coefficient (Wildman–Crippen LogP) is 4.38. The summed E-state index contributed by atoms with van der Waals surface area (Å²) in [6.45, 7) is 4.20. The number of aryl methyl sites for hydroxylation is 1. The highest BCUT2D eigenvalue weighted by molar-refractivity contribution is 7.89. The molecule has 8 heteroatoms. The summed E-state index contributed by atoms with van der Waals surface area (Å²) >= 11 is 0. The summed E-state index contributed by atoms with van der Waals surface area (Å²) in [6.07, 6.45) is 6.72. The number of benzene rings is 3. The molecule has 5 rings (SSSR count). The first kappa shape index (κ1) is 27.9. The van der Waals surface area contributed by atoms with Crippen molar-refractivity contribution in [3.8, 4) is 11.5 Å². The molecule has 1 fully saturated rings. The van der Waals surface area contributed by atoms with E-state index in [0.29, 0.717) is 23.4 Å². The lowest BCUT2D eigenvalue weighted by molar-refractivity contribution is 0.182. The third-order valence-electron chi connectivity index (χ3n) is 8.33. The van der Waals surface area contributed by atoms with E-state index in [1.807, 2.05) is 30.3 Å². The molecular weight excluding hydrogens is 510 g/mol. The maximum atomic E-state index is 13.0. The van der Waals surface area contributed by atoms with Crippen LogP contribution in [0.1, 0.15) is 36.8 Å². The standard InChI is InChI=1S/C31H41N3O4S/c1-37-29-20-25-9-5-10-27(19-26(25)21-30(29)38-2)32-22-23-13-16-34(17-14-23)18-15-33-39(35,36)31-12-6-8-24-7-3-4-11-28(24)31/h3-4,6-8,11-12,20-21,23,27,32-33H,5,9-10,13-19,22H2,1-2H3. The monoisotopic (exact) mass is 551 g/mol. The second-order valence-electron chi connectivity index (χ2n) is 10.8. The lowest BCUT2D eigenvalue weighted by Gasteiger charge is -2.33. The molecule has 1 saturated heterocycles. The molecule has 39 heavy (non-hydrogen) atoms. The van der Waals surface area contributed by atoms with Crippen LogP contribution in [0.3, 0.4) is 0 Å². The summed E-state index contributed by atoms with van der Waals surface area (Å²) in [5.74, 6) is 2.28. The van der Waals surface area contributed by atoms with Crippen molar-refractivity contribution < 1.29 is 17.9 Å². The Hall–Kier alpha value is -2.65. The Labute approximate surface area is 232 Å². The van der Waals surface area contributed by atoms with Crippen LogP contribution in [-0.2, 0) is 22.9 Å². The van der Waals surface area contributed by atoms with E-state index in [1.54, 1.807) is 26.4 Å². The van der Waals surface area contributed by atoms with Gasteiger partial charge in [-0.05, 0) is 98.8 Å². The Balaban J connectivity index is 1.06. The van der Waals surface area contributed by atoms with Crippen molar-refractivity contribution >= 4 is 20.8 Å². The zero-order valence-electron chi connectivity index (χ0n) is 23.1. The van der Waals surface area contributed by atoms with Gasteiger partial charge in [0.05, 0.1) is 19.1 Å². The molecule has 3 aromatic rings. The van der Waals surface area contributed by atoms with Crippen molar-refractivity contribution in [2.24, 2.45) is 5.92 Å². The number of sulfonamides is 1. The highest BCUT2D eigenvalue weighted by Crippen LogP contribution is 2.34. The van der Waals surface area contributed by atoms with Crippen LogP contribution >= 0.6 is 0 Å². The highest BCUT2D eigenvalue weighted by atomic mass is 32.2. The minimum atomic E-state index is -3.55. The third-order valence-corrected chi connectivity index (χ3v) is 9.85. The van der Waals surface area contributed by atoms with Crippen LogP contribution < -0.4 is 19.5 Å². The largest absolute Gasteiger partial charge is 0.493 e. The lowest BCUT2D eigenvalue weighted by Crippen LogP contribution is -2.42. The fraction of sp³-hybridized carbons (Fsp3) is 0.484. The number of likely N-dealkylation sites (tertiary alicyclic amines) is 1. The van der Waals surface area contributed by atoms with Crippen LogP contribution in [0.2, 0.25) is 0 Å². The maximum Gasteiger partial charge on any atom is 0.241 e. The van der Waals surface area contributed by atoms with Crippen LogP contribution in [0.4, 0.5) is 0 Å². The molecule has 7 nitrogen and oxygen atoms in total. The van der Waals surface area contributed by atoms with Crippen LogP contribution in [-0.4, -0.2) is 66.3 Å². The lowest BCUT2D eigenvalue weighted by atomic mass is 9.95. The zero-order valence-corrected chi connectivity index (χ0v) is 23.9. The summed E-state index contributed by atoms with van der Waals surface area (Å²) < 4.78 is 39.9. The Morgan fingerprint density at radius 2 is 1.64 bits per heavy atom. The van der Waals surface area contributed by atoms with Gasteiger partial charge in [-0.15, -0.1) is 0 Å². The smallest absolute Gasteiger partial charge is 0.241 e. The fourth-order valence-corrected chi connectivity index (χ4v) is 7.31. The van der Waals surface area contributed by atoms with Crippen LogP contribution in [0.25, 0.3) is 10.8 Å². The van der Waals surface area contributed by atoms with Crippen molar-refractivity contribution in [1.82, 2.24) is 14.9 Å². The van der Waals surface area contributed by atoms with E-state index >= 15 is 0 Å². The van der Waals surface area contributed by atoms with Crippen molar-refractivity contribution in [1.29, 1.82) is 0 Å². The Morgan fingerprint density at radius 3 is 2.41 bits per heavy atom. The van der Waals surface area contributed by atoms with E-state index in [2.05, 4.69) is 27.1 Å². The molecule has 0 spiro atoms. The van der Waals surface area contributed by atoms with Gasteiger partial charge in [-0.1, -0.05) is 36.4 Å². The molecule has 0 bridgehead atoms. The third kappa shape index (κ3) is 6.74. The number of piperidine rings is 1. The summed E-state index contributed by atoms with van der Waals surface area (Å²) in [6, 6.07) is 17.8. The molecule has 0 saturated carbocycles. The average molecular weight is 552 g/mol. The van der Waals surface area contributed by atoms with Crippen molar-refractivity contribution in [3.05, 3.63) is 65.7 Å². The highest BCUT2D eigenvalue weighted by Gasteiger charge is 2.23. The van der Waals surface area contributed by atoms with E-state index in [-0.39, 0.29) is 0 Å². The molecule has 1 unspecified atom stereocenters. The SMILES string of the molecule is COc1cc2c(cc1OC)CC(NCC1CCN(CCNS(=O)(=O)c3cccc4ccccc34)CC1)CCC2. The normalized spacial score (nSPS) is 19.0. The van der Waals surface area contributed by atoms with Gasteiger partial charge in [0.2, 0.25) is 10.0 Å². The van der Waals surface area contributed by atoms with Crippen molar-refractivity contribution in [3.63, 3.8) is 0 Å². The van der Waals surface area contributed by atoms with E-state index in [1.165, 1.54) is 24.0 Å². The predicted molar refractivity (Wildman–Crippen MR) is 156 cm³/mol. The van der Waals surface area contributed by atoms with E-state index in [0.717, 1.165) is 74.1 Å². The maximum absolute atomic E-state index is 13.0. The minimum absolute atomic E-state index is 0.351. The van der Waals surface area contributed by atoms with Gasteiger partial charge in [-0.3, -0.25) is 0 Å². The minimum Gasteiger partial charge on any atom is -0.493 e. The molecule has 1 aliphatic heterocycles. The van der Waals surface area contributed by atoms with Gasteiger partial charge in [0.15, 0.2) is 11.5 Å². The van der Waals surface area contributed by atoms with Crippen molar-refractivity contribution in [2.75, 3.05) is 46.9 Å². The van der Waals surface area contributed by atoms with Gasteiger partial charge in [0.25, 0.3) is 0 Å². The average Bonchev–Trinajstić information content (AvgIpc) is 3.16. The Bertz CT molecular complexity index is 1360. The number of methoxy groups -OCH3 is 2. The van der Waals surface area contributed by atoms with Gasteiger partial charge in [0, 0.05) is 24.5 Å². The van der Waals surface area contributed by atoms with Gasteiger partial charge < -0.3 is 19.7 Å². The second-order valence-corrected chi connectivity index (χ2v) is 12.6. The second kappa shape index (κ2) is 12.7. The quantitative estimate of drug-likeness (QED) is 0.364. The molecule has 3 aromatic carbocycles. The number of nitrogens with zero attached hydrogens (tertiary/aromatic N) is 1. The topological polar surface area (TPSA) is 79.9 Å². The molecular formula is C31H41N3O4S. The van der Waals surface area contributed by atoms with Gasteiger partial charge in [-0.25, -0.2) is 13.1 Å². The molecule has 2 aliphatic rings. The fourth-order valence-electron chi connectivity index (χ4n) is 6.06. The molecule has 0 radical (unpaired) electrons. The molecule has 1 atom stereocenters.